The number of hydrogen-bond acceptors (Lipinski definition) is 10. The monoisotopic (exact) mass is 587 g/mol. The largest absolute Gasteiger partial charge is 0.479 e. The number of hydrogen-bond donors (Lipinski definition) is 5. The summed E-state index contributed by atoms with van der Waals surface area (Å²) in [5.74, 6) is -4.00. The van der Waals surface area contributed by atoms with Crippen molar-refractivity contribution in [2.45, 2.75) is 76.3 Å². The van der Waals surface area contributed by atoms with E-state index < -0.39 is 72.9 Å². The van der Waals surface area contributed by atoms with Crippen molar-refractivity contribution in [3.63, 3.8) is 0 Å². The minimum Gasteiger partial charge on any atom is -0.479 e. The van der Waals surface area contributed by atoms with E-state index in [2.05, 4.69) is 5.32 Å². The number of carbonyl (C=O) groups excluding carboxylic acids is 3. The summed E-state index contributed by atoms with van der Waals surface area (Å²) in [7, 11) is 0. The van der Waals surface area contributed by atoms with Gasteiger partial charge in [0, 0.05) is 12.5 Å². The number of aliphatic hydroxyl groups is 3. The fourth-order valence-corrected chi connectivity index (χ4v) is 4.60. The Kier molecular flexibility index (Phi) is 12.0. The van der Waals surface area contributed by atoms with Crippen molar-refractivity contribution in [2.75, 3.05) is 6.61 Å². The molecule has 0 aromatic heterocycles. The van der Waals surface area contributed by atoms with Gasteiger partial charge in [-0.3, -0.25) is 14.4 Å². The van der Waals surface area contributed by atoms with Crippen LogP contribution in [0.5, 0.6) is 0 Å². The first kappa shape index (κ1) is 32.7. The van der Waals surface area contributed by atoms with Crippen molar-refractivity contribution < 1.29 is 53.8 Å². The molecule has 2 aromatic carbocycles. The highest BCUT2D eigenvalue weighted by Crippen LogP contribution is 2.23. The van der Waals surface area contributed by atoms with E-state index in [9.17, 15) is 34.5 Å². The van der Waals surface area contributed by atoms with Crippen LogP contribution in [-0.4, -0.2) is 87.6 Å². The SMILES string of the molecule is CCOC(=O)C(C)C[C@@H](Cc1ccc(-c2ccccc2)cc1)NC(=O)CCC(=O)OC1OC(C(=O)O)C(O)C(O)C1O. The minimum absolute atomic E-state index is 0.228. The van der Waals surface area contributed by atoms with Crippen molar-refractivity contribution >= 4 is 23.8 Å². The summed E-state index contributed by atoms with van der Waals surface area (Å²) >= 11 is 0. The summed E-state index contributed by atoms with van der Waals surface area (Å²) in [6, 6.07) is 17.2. The Hall–Kier alpha value is -3.84. The van der Waals surface area contributed by atoms with Crippen LogP contribution >= 0.6 is 0 Å². The number of rotatable bonds is 13. The average molecular weight is 588 g/mol. The molecule has 12 nitrogen and oxygen atoms in total. The summed E-state index contributed by atoms with van der Waals surface area (Å²) in [5, 5.41) is 41.6. The van der Waals surface area contributed by atoms with Gasteiger partial charge in [0.15, 0.2) is 6.10 Å². The smallest absolute Gasteiger partial charge is 0.335 e. The van der Waals surface area contributed by atoms with Crippen molar-refractivity contribution in [3.05, 3.63) is 60.2 Å². The molecule has 1 aliphatic rings. The molecule has 12 heteroatoms. The summed E-state index contributed by atoms with van der Waals surface area (Å²) in [4.78, 5) is 48.6. The number of ether oxygens (including phenoxy) is 3. The van der Waals surface area contributed by atoms with Gasteiger partial charge in [-0.1, -0.05) is 61.5 Å². The Bertz CT molecular complexity index is 1200. The van der Waals surface area contributed by atoms with Crippen molar-refractivity contribution in [2.24, 2.45) is 5.92 Å². The van der Waals surface area contributed by atoms with Gasteiger partial charge >= 0.3 is 17.9 Å². The lowest BCUT2D eigenvalue weighted by Gasteiger charge is -2.37. The van der Waals surface area contributed by atoms with Crippen LogP contribution in [0.2, 0.25) is 0 Å². The lowest BCUT2D eigenvalue weighted by Crippen LogP contribution is -2.60. The third-order valence-corrected chi connectivity index (χ3v) is 6.85. The third kappa shape index (κ3) is 9.08. The minimum atomic E-state index is -1.93. The molecular weight excluding hydrogens is 550 g/mol. The fourth-order valence-electron chi connectivity index (χ4n) is 4.60. The molecule has 1 aliphatic heterocycles. The molecule has 1 saturated heterocycles. The second-order valence-electron chi connectivity index (χ2n) is 10.1. The lowest BCUT2D eigenvalue weighted by molar-refractivity contribution is -0.286. The van der Waals surface area contributed by atoms with Gasteiger partial charge in [-0.05, 0) is 36.5 Å². The van der Waals surface area contributed by atoms with Gasteiger partial charge in [-0.25, -0.2) is 4.79 Å². The van der Waals surface area contributed by atoms with Crippen LogP contribution in [0.3, 0.4) is 0 Å². The zero-order chi connectivity index (χ0) is 30.8. The molecule has 42 heavy (non-hydrogen) atoms. The molecule has 1 heterocycles. The maximum atomic E-state index is 12.8. The second kappa shape index (κ2) is 15.4. The number of amides is 1. The zero-order valence-corrected chi connectivity index (χ0v) is 23.4. The lowest BCUT2D eigenvalue weighted by atomic mass is 9.94. The van der Waals surface area contributed by atoms with Crippen LogP contribution < -0.4 is 5.32 Å². The number of nitrogens with one attached hydrogen (secondary N) is 1. The summed E-state index contributed by atoms with van der Waals surface area (Å²) in [6.07, 6.45) is -9.58. The molecule has 6 unspecified atom stereocenters. The van der Waals surface area contributed by atoms with E-state index in [0.29, 0.717) is 6.42 Å². The molecule has 0 spiro atoms. The zero-order valence-electron chi connectivity index (χ0n) is 23.4. The topological polar surface area (TPSA) is 189 Å². The first-order valence-corrected chi connectivity index (χ1v) is 13.7. The third-order valence-electron chi connectivity index (χ3n) is 6.85. The van der Waals surface area contributed by atoms with E-state index in [1.807, 2.05) is 54.6 Å². The average Bonchev–Trinajstić information content (AvgIpc) is 2.97. The number of esters is 2. The Labute approximate surface area is 243 Å². The number of benzene rings is 2. The molecule has 228 valence electrons. The van der Waals surface area contributed by atoms with Gasteiger partial charge in [0.25, 0.3) is 0 Å². The number of carboxylic acids is 1. The predicted molar refractivity (Wildman–Crippen MR) is 148 cm³/mol. The molecule has 0 aliphatic carbocycles. The normalized spacial score (nSPS) is 23.3. The van der Waals surface area contributed by atoms with Gasteiger partial charge in [0.1, 0.15) is 18.3 Å². The van der Waals surface area contributed by atoms with Crippen LogP contribution in [0.25, 0.3) is 11.1 Å². The van der Waals surface area contributed by atoms with Gasteiger partial charge in [-0.2, -0.15) is 0 Å². The molecule has 7 atom stereocenters. The van der Waals surface area contributed by atoms with Crippen LogP contribution in [-0.2, 0) is 39.8 Å². The van der Waals surface area contributed by atoms with Crippen LogP contribution in [0.15, 0.2) is 54.6 Å². The van der Waals surface area contributed by atoms with Crippen LogP contribution in [0.4, 0.5) is 0 Å². The Morgan fingerprint density at radius 3 is 2.17 bits per heavy atom. The molecule has 5 N–H and O–H groups in total. The number of aliphatic carboxylic acids is 1. The molecule has 1 fully saturated rings. The van der Waals surface area contributed by atoms with Gasteiger partial charge in [0.05, 0.1) is 18.9 Å². The van der Waals surface area contributed by atoms with Gasteiger partial charge in [-0.15, -0.1) is 0 Å². The summed E-state index contributed by atoms with van der Waals surface area (Å²) < 4.78 is 15.0. The Balaban J connectivity index is 1.60. The maximum Gasteiger partial charge on any atom is 0.335 e. The van der Waals surface area contributed by atoms with Crippen LogP contribution in [0, 0.1) is 5.92 Å². The van der Waals surface area contributed by atoms with Crippen molar-refractivity contribution in [3.8, 4) is 11.1 Å². The Morgan fingerprint density at radius 1 is 0.905 bits per heavy atom. The molecule has 3 rings (SSSR count). The molecule has 1 amide bonds. The Morgan fingerprint density at radius 2 is 1.55 bits per heavy atom. The fraction of sp³-hybridized carbons (Fsp3) is 0.467. The van der Waals surface area contributed by atoms with E-state index in [1.165, 1.54) is 0 Å². The molecular formula is C30H37NO11. The highest BCUT2D eigenvalue weighted by Gasteiger charge is 2.48. The van der Waals surface area contributed by atoms with E-state index in [4.69, 9.17) is 19.3 Å². The van der Waals surface area contributed by atoms with E-state index in [0.717, 1.165) is 16.7 Å². The number of carboxylic acid groups (broad SMARTS) is 1. The first-order chi connectivity index (χ1) is 20.0. The highest BCUT2D eigenvalue weighted by molar-refractivity contribution is 5.81. The van der Waals surface area contributed by atoms with Crippen molar-refractivity contribution in [1.29, 1.82) is 0 Å². The van der Waals surface area contributed by atoms with Gasteiger partial charge < -0.3 is 40.0 Å². The summed E-state index contributed by atoms with van der Waals surface area (Å²) in [5.41, 5.74) is 3.02. The molecule has 0 radical (unpaired) electrons. The molecule has 0 bridgehead atoms. The van der Waals surface area contributed by atoms with Crippen molar-refractivity contribution in [1.82, 2.24) is 5.32 Å². The first-order valence-electron chi connectivity index (χ1n) is 13.7. The second-order valence-corrected chi connectivity index (χ2v) is 10.1. The molecule has 0 saturated carbocycles. The number of aliphatic hydroxyl groups excluding tert-OH is 3. The van der Waals surface area contributed by atoms with Gasteiger partial charge in [0.2, 0.25) is 12.2 Å². The predicted octanol–water partition coefficient (Wildman–Crippen LogP) is 1.19. The quantitative estimate of drug-likeness (QED) is 0.212. The van der Waals surface area contributed by atoms with E-state index in [1.54, 1.807) is 13.8 Å². The van der Waals surface area contributed by atoms with Crippen LogP contribution in [0.1, 0.15) is 38.7 Å². The number of carbonyl (C=O) groups is 4. The van der Waals surface area contributed by atoms with E-state index in [-0.39, 0.29) is 19.4 Å². The maximum absolute atomic E-state index is 12.8. The highest BCUT2D eigenvalue weighted by atomic mass is 16.7. The van der Waals surface area contributed by atoms with E-state index >= 15 is 0 Å². The summed E-state index contributed by atoms with van der Waals surface area (Å²) in [6.45, 7) is 3.64. The standard InChI is InChI=1S/C30H37NO11/c1-3-40-29(39)17(2)15-21(16-18-9-11-20(12-10-18)19-7-5-4-6-8-19)31-22(32)13-14-23(33)41-30-26(36)24(34)25(35)27(42-30)28(37)38/h4-12,17,21,24-27,30,34-36H,3,13-16H2,1-2H3,(H,31,32)(H,37,38)/t17?,21-,24?,25?,26?,27?,30?/m0/s1. The molecule has 2 aromatic rings.